The number of rotatable bonds is 7. The van der Waals surface area contributed by atoms with Crippen LogP contribution >= 0.6 is 11.3 Å². The zero-order chi connectivity index (χ0) is 46.0. The number of pyridine rings is 2. The molecule has 3 nitrogen and oxygen atoms in total. The summed E-state index contributed by atoms with van der Waals surface area (Å²) in [6, 6.07) is 50.8. The predicted molar refractivity (Wildman–Crippen MR) is 287 cm³/mol. The summed E-state index contributed by atoms with van der Waals surface area (Å²) in [6.45, 7) is 8.98. The number of aromatic nitrogens is 2. The van der Waals surface area contributed by atoms with Crippen LogP contribution in [0.2, 0.25) is 17.3 Å². The molecule has 0 N–H and O–H groups in total. The average molecular weight is 1140 g/mol. The minimum absolute atomic E-state index is 0. The van der Waals surface area contributed by atoms with Gasteiger partial charge in [-0.05, 0) is 41.3 Å². The van der Waals surface area contributed by atoms with Crippen molar-refractivity contribution < 1.29 is 24.5 Å². The van der Waals surface area contributed by atoms with E-state index in [-0.39, 0.29) is 25.5 Å². The molecule has 0 spiro atoms. The molecule has 6 aromatic carbocycles. The fourth-order valence-electron chi connectivity index (χ4n) is 10.8. The van der Waals surface area contributed by atoms with E-state index in [1.807, 2.05) is 17.5 Å². The average Bonchev–Trinajstić information content (AvgIpc) is 4.13. The Labute approximate surface area is 422 Å². The first-order valence-corrected chi connectivity index (χ1v) is 32.4. The monoisotopic (exact) mass is 1150 g/mol. The second-order valence-corrected chi connectivity index (χ2v) is 32.9. The van der Waals surface area contributed by atoms with Gasteiger partial charge in [0, 0.05) is 63.3 Å². The normalized spacial score (nSPS) is 13.8. The summed E-state index contributed by atoms with van der Waals surface area (Å²) in [5.41, 5.74) is 18.3. The number of hydrogen-bond donors (Lipinski definition) is 0. The fraction of sp³-hybridized carbons (Fsp3) is 0.258. The maximum atomic E-state index is 6.51. The molecule has 0 unspecified atom stereocenters. The summed E-state index contributed by atoms with van der Waals surface area (Å²) in [6.07, 6.45) is 13.1. The molecule has 1 radical (unpaired) electrons. The van der Waals surface area contributed by atoms with Crippen LogP contribution in [0.3, 0.4) is 0 Å². The van der Waals surface area contributed by atoms with Crippen molar-refractivity contribution in [2.75, 3.05) is 0 Å². The summed E-state index contributed by atoms with van der Waals surface area (Å²) in [5.74, 6) is 8.36. The Morgan fingerprint density at radius 3 is 2.24 bits per heavy atom. The van der Waals surface area contributed by atoms with Crippen LogP contribution in [0.5, 0.6) is 0 Å². The van der Waals surface area contributed by atoms with Crippen LogP contribution in [0, 0.1) is 30.4 Å². The van der Waals surface area contributed by atoms with E-state index in [1.165, 1.54) is 96.8 Å². The molecule has 12 rings (SSSR count). The molecule has 6 heteroatoms. The quantitative estimate of drug-likeness (QED) is 0.118. The first-order chi connectivity index (χ1) is 32.4. The standard InChI is InChI=1S/C35H28NOS.C27H30GeN.Ir/c1-21-20-36-30(18-23(21)19-35(2,3)4)22-15-16-31-29(17-22)26-11-7-10-25(33(26)37-31)28-13-8-12-27-24-9-5-6-14-32(24)38-34(27)28;1-28(2,3)26-18-29-27(17-21(26)15-19-9-4-5-10-19)24-14-8-13-23-22-12-7-6-11-20(22)16-25(23)24;/h5-16,18,20H,19H2,1-4H3;6-8,11-13,17-19H,4-5,9-10,15-16H2,1-3H3;/q2*-1;. The van der Waals surface area contributed by atoms with Crippen LogP contribution in [0.25, 0.3) is 86.9 Å². The van der Waals surface area contributed by atoms with Crippen LogP contribution < -0.4 is 4.40 Å². The summed E-state index contributed by atoms with van der Waals surface area (Å²) in [4.78, 5) is 9.78. The molecule has 4 aromatic heterocycles. The van der Waals surface area contributed by atoms with Gasteiger partial charge in [-0.3, -0.25) is 4.98 Å². The van der Waals surface area contributed by atoms with Crippen molar-refractivity contribution in [3.8, 4) is 44.8 Å². The van der Waals surface area contributed by atoms with E-state index in [2.05, 4.69) is 185 Å². The number of para-hydroxylation sites is 1. The topological polar surface area (TPSA) is 38.9 Å². The van der Waals surface area contributed by atoms with Gasteiger partial charge in [-0.2, -0.15) is 0 Å². The zero-order valence-corrected chi connectivity index (χ0v) is 45.6. The van der Waals surface area contributed by atoms with Gasteiger partial charge < -0.3 is 4.42 Å². The summed E-state index contributed by atoms with van der Waals surface area (Å²) in [7, 11) is 0. The Hall–Kier alpha value is -5.17. The molecule has 343 valence electrons. The van der Waals surface area contributed by atoms with Crippen molar-refractivity contribution in [1.82, 2.24) is 9.97 Å². The molecular weight excluding hydrogens is 1090 g/mol. The number of aryl methyl sites for hydroxylation is 1. The molecule has 2 aliphatic carbocycles. The van der Waals surface area contributed by atoms with Gasteiger partial charge in [0.1, 0.15) is 0 Å². The summed E-state index contributed by atoms with van der Waals surface area (Å²) in [5, 5.41) is 4.68. The van der Waals surface area contributed by atoms with Gasteiger partial charge in [-0.1, -0.05) is 98.5 Å². The molecule has 0 aliphatic heterocycles. The van der Waals surface area contributed by atoms with Crippen molar-refractivity contribution in [3.63, 3.8) is 0 Å². The molecule has 10 aromatic rings. The molecule has 2 aliphatic rings. The van der Waals surface area contributed by atoms with Gasteiger partial charge in [-0.25, -0.2) is 0 Å². The molecule has 1 saturated carbocycles. The third-order valence-corrected chi connectivity index (χ3v) is 19.7. The molecule has 1 fully saturated rings. The van der Waals surface area contributed by atoms with E-state index in [4.69, 9.17) is 14.4 Å². The van der Waals surface area contributed by atoms with Crippen molar-refractivity contribution in [2.45, 2.75) is 89.9 Å². The minimum atomic E-state index is -1.96. The Kier molecular flexibility index (Phi) is 12.8. The van der Waals surface area contributed by atoms with Gasteiger partial charge >= 0.3 is 178 Å². The Bertz CT molecular complexity index is 3510. The van der Waals surface area contributed by atoms with Crippen LogP contribution in [0.15, 0.2) is 138 Å². The number of nitrogens with zero attached hydrogens (tertiary/aromatic N) is 2. The van der Waals surface area contributed by atoms with Crippen LogP contribution in [-0.2, 0) is 39.4 Å². The molecule has 0 saturated heterocycles. The largest absolute Gasteiger partial charge is 0 e. The Morgan fingerprint density at radius 2 is 1.43 bits per heavy atom. The van der Waals surface area contributed by atoms with E-state index in [0.29, 0.717) is 0 Å². The molecule has 0 amide bonds. The van der Waals surface area contributed by atoms with Crippen molar-refractivity contribution in [2.24, 2.45) is 11.3 Å². The van der Waals surface area contributed by atoms with E-state index in [0.717, 1.165) is 63.2 Å². The predicted octanol–water partition coefficient (Wildman–Crippen LogP) is 16.8. The van der Waals surface area contributed by atoms with Gasteiger partial charge in [0.15, 0.2) is 0 Å². The molecule has 0 bridgehead atoms. The van der Waals surface area contributed by atoms with E-state index >= 15 is 0 Å². The van der Waals surface area contributed by atoms with Gasteiger partial charge in [0.25, 0.3) is 0 Å². The van der Waals surface area contributed by atoms with Crippen LogP contribution in [0.1, 0.15) is 74.3 Å². The van der Waals surface area contributed by atoms with Gasteiger partial charge in [0.05, 0.1) is 11.2 Å². The molecule has 4 heterocycles. The second kappa shape index (κ2) is 18.6. The Balaban J connectivity index is 0.000000162. The van der Waals surface area contributed by atoms with Crippen molar-refractivity contribution in [3.05, 3.63) is 174 Å². The number of benzene rings is 6. The van der Waals surface area contributed by atoms with E-state index in [1.54, 1.807) is 9.96 Å². The van der Waals surface area contributed by atoms with Gasteiger partial charge in [-0.15, -0.1) is 23.5 Å². The molecule has 68 heavy (non-hydrogen) atoms. The Morgan fingerprint density at radius 1 is 0.721 bits per heavy atom. The molecular formula is C62H58GeIrN2OS-2. The van der Waals surface area contributed by atoms with E-state index < -0.39 is 13.3 Å². The maximum absolute atomic E-state index is 6.51. The number of hydrogen-bond acceptors (Lipinski definition) is 4. The van der Waals surface area contributed by atoms with Crippen LogP contribution in [-0.4, -0.2) is 23.2 Å². The zero-order valence-electron chi connectivity index (χ0n) is 40.3. The third kappa shape index (κ3) is 8.97. The summed E-state index contributed by atoms with van der Waals surface area (Å²) < 4.78 is 10.7. The first kappa shape index (κ1) is 46.6. The fourth-order valence-corrected chi connectivity index (χ4v) is 15.4. The van der Waals surface area contributed by atoms with Crippen LogP contribution in [0.4, 0.5) is 0 Å². The van der Waals surface area contributed by atoms with Crippen molar-refractivity contribution >= 4 is 71.1 Å². The SMILES string of the molecule is Cc1cnc(-c2[c-]c3c(cc2)oc2c(-c4cccc5c4sc4ccccc45)cccc23)cc1CC(C)(C)C.[CH3][Ge]([CH3])([CH3])[c]1cnc(-c2[c-]ccc3c2Cc2ccccc2-3)cc1CC1CCCC1.[Ir]. The number of furan rings is 1. The van der Waals surface area contributed by atoms with Gasteiger partial charge in [0.2, 0.25) is 0 Å². The number of thiophene rings is 1. The third-order valence-electron chi connectivity index (χ3n) is 14.1. The summed E-state index contributed by atoms with van der Waals surface area (Å²) >= 11 is -0.112. The minimum Gasteiger partial charge on any atom is 0 e. The molecule has 0 atom stereocenters. The van der Waals surface area contributed by atoms with E-state index in [9.17, 15) is 0 Å². The second-order valence-electron chi connectivity index (χ2n) is 21.3. The smallest absolute Gasteiger partial charge is 0 e. The number of fused-ring (bicyclic) bond motifs is 9. The van der Waals surface area contributed by atoms with Crippen molar-refractivity contribution in [1.29, 1.82) is 0 Å². The maximum Gasteiger partial charge on any atom is 0 e. The first-order valence-electron chi connectivity index (χ1n) is 24.2.